The maximum atomic E-state index is 11.0. The van der Waals surface area contributed by atoms with E-state index >= 15 is 0 Å². The number of nitrogens with zero attached hydrogens (tertiary/aromatic N) is 5. The first-order chi connectivity index (χ1) is 11.6. The van der Waals surface area contributed by atoms with Gasteiger partial charge < -0.3 is 0 Å². The first kappa shape index (κ1) is 14.7. The molecule has 0 saturated carbocycles. The van der Waals surface area contributed by atoms with Crippen LogP contribution in [-0.4, -0.2) is 24.7 Å². The zero-order chi connectivity index (χ0) is 16.7. The summed E-state index contributed by atoms with van der Waals surface area (Å²) in [6, 6.07) is 14.2. The van der Waals surface area contributed by atoms with Gasteiger partial charge in [-0.1, -0.05) is 53.3 Å². The first-order valence-electron chi connectivity index (χ1n) is 6.85. The summed E-state index contributed by atoms with van der Waals surface area (Å²) in [7, 11) is 0. The van der Waals surface area contributed by atoms with Gasteiger partial charge in [-0.25, -0.2) is 0 Å². The average Bonchev–Trinajstić information content (AvgIpc) is 3.16. The van der Waals surface area contributed by atoms with E-state index in [9.17, 15) is 10.1 Å². The van der Waals surface area contributed by atoms with Crippen LogP contribution in [0.4, 0.5) is 5.69 Å². The molecular weight excluding hydrogens is 350 g/mol. The first-order valence-corrected chi connectivity index (χ1v) is 8.05. The van der Waals surface area contributed by atoms with Crippen molar-refractivity contribution in [3.8, 4) is 22.0 Å². The molecule has 0 radical (unpaired) electrons. The molecule has 0 atom stereocenters. The van der Waals surface area contributed by atoms with Crippen LogP contribution >= 0.6 is 22.9 Å². The highest BCUT2D eigenvalue weighted by Gasteiger charge is 2.18. The lowest BCUT2D eigenvalue weighted by Gasteiger charge is -1.98. The molecule has 0 aliphatic heterocycles. The molecular formula is C15H8ClN5O2S. The standard InChI is InChI=1S/C15H8ClN5O2S/c16-11-7-6-10(8-12(11)21(22)23)14-19-20-13(17-18-15(20)24-14)9-4-2-1-3-5-9/h1-8H. The molecule has 24 heavy (non-hydrogen) atoms. The molecule has 4 rings (SSSR count). The Morgan fingerprint density at radius 2 is 1.88 bits per heavy atom. The predicted molar refractivity (Wildman–Crippen MR) is 91.2 cm³/mol. The van der Waals surface area contributed by atoms with Crippen LogP contribution in [0.3, 0.4) is 0 Å². The lowest BCUT2D eigenvalue weighted by Crippen LogP contribution is -1.92. The normalized spacial score (nSPS) is 11.0. The molecule has 2 aromatic heterocycles. The molecule has 7 nitrogen and oxygen atoms in total. The minimum Gasteiger partial charge on any atom is -0.258 e. The highest BCUT2D eigenvalue weighted by molar-refractivity contribution is 7.19. The third kappa shape index (κ3) is 2.41. The Kier molecular flexibility index (Phi) is 3.47. The Morgan fingerprint density at radius 1 is 1.08 bits per heavy atom. The van der Waals surface area contributed by atoms with Crippen LogP contribution in [0.5, 0.6) is 0 Å². The number of rotatable bonds is 3. The van der Waals surface area contributed by atoms with E-state index in [4.69, 9.17) is 11.6 Å². The van der Waals surface area contributed by atoms with E-state index in [0.717, 1.165) is 5.56 Å². The number of nitro groups is 1. The molecule has 0 spiro atoms. The van der Waals surface area contributed by atoms with Gasteiger partial charge in [0.25, 0.3) is 5.69 Å². The number of halogens is 1. The summed E-state index contributed by atoms with van der Waals surface area (Å²) in [4.78, 5) is 11.1. The topological polar surface area (TPSA) is 86.2 Å². The predicted octanol–water partition coefficient (Wildman–Crippen LogP) is 4.08. The van der Waals surface area contributed by atoms with Gasteiger partial charge in [0.2, 0.25) is 4.96 Å². The minimum atomic E-state index is -0.512. The molecule has 118 valence electrons. The molecule has 0 amide bonds. The zero-order valence-corrected chi connectivity index (χ0v) is 13.5. The van der Waals surface area contributed by atoms with Crippen molar-refractivity contribution in [1.82, 2.24) is 19.8 Å². The van der Waals surface area contributed by atoms with Gasteiger partial charge in [-0.15, -0.1) is 10.2 Å². The van der Waals surface area contributed by atoms with Gasteiger partial charge in [-0.3, -0.25) is 10.1 Å². The van der Waals surface area contributed by atoms with Gasteiger partial charge in [-0.05, 0) is 12.1 Å². The summed E-state index contributed by atoms with van der Waals surface area (Å²) in [6.07, 6.45) is 0. The van der Waals surface area contributed by atoms with Gasteiger partial charge >= 0.3 is 0 Å². The molecule has 2 aromatic carbocycles. The van der Waals surface area contributed by atoms with Crippen LogP contribution in [0, 0.1) is 10.1 Å². The average molecular weight is 358 g/mol. The Balaban J connectivity index is 1.84. The van der Waals surface area contributed by atoms with Crippen molar-refractivity contribution in [3.05, 3.63) is 63.7 Å². The van der Waals surface area contributed by atoms with Crippen molar-refractivity contribution in [3.63, 3.8) is 0 Å². The summed E-state index contributed by atoms with van der Waals surface area (Å²) in [5.41, 5.74) is 1.35. The smallest absolute Gasteiger partial charge is 0.258 e. The van der Waals surface area contributed by atoms with Crippen molar-refractivity contribution >= 4 is 33.6 Å². The second-order valence-corrected chi connectivity index (χ2v) is 6.28. The fourth-order valence-electron chi connectivity index (χ4n) is 2.29. The number of aromatic nitrogens is 4. The van der Waals surface area contributed by atoms with Gasteiger partial charge in [-0.2, -0.15) is 9.61 Å². The lowest BCUT2D eigenvalue weighted by atomic mass is 10.2. The van der Waals surface area contributed by atoms with Crippen LogP contribution in [-0.2, 0) is 0 Å². The molecule has 0 fully saturated rings. The number of nitro benzene ring substituents is 1. The Morgan fingerprint density at radius 3 is 2.62 bits per heavy atom. The maximum absolute atomic E-state index is 11.0. The summed E-state index contributed by atoms with van der Waals surface area (Å²) < 4.78 is 1.63. The van der Waals surface area contributed by atoms with E-state index < -0.39 is 4.92 Å². The molecule has 0 aliphatic carbocycles. The second-order valence-electron chi connectivity index (χ2n) is 4.91. The van der Waals surface area contributed by atoms with Gasteiger partial charge in [0.1, 0.15) is 10.0 Å². The van der Waals surface area contributed by atoms with Gasteiger partial charge in [0.15, 0.2) is 5.82 Å². The maximum Gasteiger partial charge on any atom is 0.288 e. The monoisotopic (exact) mass is 357 g/mol. The molecule has 0 unspecified atom stereocenters. The Hall–Kier alpha value is -2.84. The molecule has 0 N–H and O–H groups in total. The fourth-order valence-corrected chi connectivity index (χ4v) is 3.31. The molecule has 9 heteroatoms. The summed E-state index contributed by atoms with van der Waals surface area (Å²) >= 11 is 7.16. The number of hydrogen-bond acceptors (Lipinski definition) is 6. The van der Waals surface area contributed by atoms with E-state index in [0.29, 0.717) is 21.4 Å². The van der Waals surface area contributed by atoms with Gasteiger partial charge in [0, 0.05) is 17.2 Å². The summed E-state index contributed by atoms with van der Waals surface area (Å²) in [5, 5.41) is 24.5. The van der Waals surface area contributed by atoms with E-state index in [-0.39, 0.29) is 10.7 Å². The lowest BCUT2D eigenvalue weighted by molar-refractivity contribution is -0.384. The SMILES string of the molecule is O=[N+]([O-])c1cc(-c2nn3c(-c4ccccc4)nnc3s2)ccc1Cl. The van der Waals surface area contributed by atoms with Gasteiger partial charge in [0.05, 0.1) is 4.92 Å². The van der Waals surface area contributed by atoms with Crippen LogP contribution in [0.25, 0.3) is 26.9 Å². The second kappa shape index (κ2) is 5.66. The summed E-state index contributed by atoms with van der Waals surface area (Å²) in [6.45, 7) is 0. The number of benzene rings is 2. The summed E-state index contributed by atoms with van der Waals surface area (Å²) in [5.74, 6) is 0.622. The van der Waals surface area contributed by atoms with Crippen molar-refractivity contribution in [2.45, 2.75) is 0 Å². The van der Waals surface area contributed by atoms with E-state index in [1.54, 1.807) is 10.6 Å². The third-order valence-corrected chi connectivity index (χ3v) is 4.68. The molecule has 0 aliphatic rings. The van der Waals surface area contributed by atoms with E-state index in [2.05, 4.69) is 15.3 Å². The Bertz CT molecular complexity index is 1060. The molecule has 0 saturated heterocycles. The van der Waals surface area contributed by atoms with Crippen molar-refractivity contribution in [2.24, 2.45) is 0 Å². The number of fused-ring (bicyclic) bond motifs is 1. The number of hydrogen-bond donors (Lipinski definition) is 0. The zero-order valence-electron chi connectivity index (χ0n) is 12.0. The van der Waals surface area contributed by atoms with Crippen LogP contribution in [0.15, 0.2) is 48.5 Å². The van der Waals surface area contributed by atoms with E-state index in [1.165, 1.54) is 23.5 Å². The van der Waals surface area contributed by atoms with Crippen LogP contribution in [0.2, 0.25) is 5.02 Å². The Labute approximate surface area is 144 Å². The quantitative estimate of drug-likeness (QED) is 0.407. The highest BCUT2D eigenvalue weighted by atomic mass is 35.5. The van der Waals surface area contributed by atoms with Crippen LogP contribution < -0.4 is 0 Å². The molecule has 0 bridgehead atoms. The fraction of sp³-hybridized carbons (Fsp3) is 0. The van der Waals surface area contributed by atoms with Crippen molar-refractivity contribution < 1.29 is 4.92 Å². The third-order valence-electron chi connectivity index (χ3n) is 3.41. The van der Waals surface area contributed by atoms with Crippen molar-refractivity contribution in [2.75, 3.05) is 0 Å². The minimum absolute atomic E-state index is 0.0942. The van der Waals surface area contributed by atoms with Crippen molar-refractivity contribution in [1.29, 1.82) is 0 Å². The molecule has 4 aromatic rings. The van der Waals surface area contributed by atoms with Crippen LogP contribution in [0.1, 0.15) is 0 Å². The molecule has 2 heterocycles. The largest absolute Gasteiger partial charge is 0.288 e. The highest BCUT2D eigenvalue weighted by Crippen LogP contribution is 2.33. The van der Waals surface area contributed by atoms with E-state index in [1.807, 2.05) is 30.3 Å².